The van der Waals surface area contributed by atoms with Crippen LogP contribution in [-0.2, 0) is 28.6 Å². The summed E-state index contributed by atoms with van der Waals surface area (Å²) in [5, 5.41) is 36.9. The van der Waals surface area contributed by atoms with Gasteiger partial charge in [0.2, 0.25) is 0 Å². The molecule has 3 unspecified atom stereocenters. The third-order valence-electron chi connectivity index (χ3n) is 9.16. The molecule has 57 heavy (non-hydrogen) atoms. The van der Waals surface area contributed by atoms with E-state index >= 15 is 0 Å². The van der Waals surface area contributed by atoms with Crippen molar-refractivity contribution in [2.75, 3.05) is 21.3 Å². The SMILES string of the molecule is CCCCC(Oc1ccc(C2=NC(c3ccc(OC(CCCC)C(=O)OC)cc3O)N=C(c3ccc(OC(CCCC)C(=O)OC)cc3O)N2)c(O)c1)C(=O)OC. The van der Waals surface area contributed by atoms with Gasteiger partial charge in [0.05, 0.1) is 32.5 Å². The molecular weight excluding hydrogens is 738 g/mol. The van der Waals surface area contributed by atoms with Crippen molar-refractivity contribution in [3.8, 4) is 34.5 Å². The van der Waals surface area contributed by atoms with Gasteiger partial charge < -0.3 is 49.1 Å². The Balaban J connectivity index is 1.73. The fraction of sp³-hybridized carbons (Fsp3) is 0.452. The number of phenolic OH excluding ortho intramolecular Hbond substituents is 3. The van der Waals surface area contributed by atoms with Gasteiger partial charge in [-0.25, -0.2) is 24.4 Å². The van der Waals surface area contributed by atoms with Gasteiger partial charge in [-0.2, -0.15) is 0 Å². The van der Waals surface area contributed by atoms with Crippen LogP contribution in [-0.4, -0.2) is 84.5 Å². The highest BCUT2D eigenvalue weighted by atomic mass is 16.6. The Bertz CT molecular complexity index is 1820. The summed E-state index contributed by atoms with van der Waals surface area (Å²) in [6.45, 7) is 5.97. The third kappa shape index (κ3) is 11.8. The summed E-state index contributed by atoms with van der Waals surface area (Å²) in [6, 6.07) is 13.4. The molecule has 1 aliphatic rings. The number of carbonyl (C=O) groups is 3. The molecule has 4 rings (SSSR count). The number of hydrogen-bond donors (Lipinski definition) is 4. The molecular formula is C42H53N3O12. The van der Waals surface area contributed by atoms with E-state index in [-0.39, 0.29) is 62.9 Å². The van der Waals surface area contributed by atoms with Gasteiger partial charge in [0, 0.05) is 23.8 Å². The standard InChI is InChI=1S/C42H53N3O12/c1-7-10-13-34(40(49)52-4)55-25-16-19-28(31(46)22-25)37-43-38(29-20-17-26(23-32(29)47)56-35(14-11-8-2)41(50)53-5)45-39(44-37)30-21-18-27(24-33(30)48)57-36(15-12-9-3)42(51)54-6/h16-24,34-37,46-48H,7-15H2,1-6H3,(H,43,44,45). The third-order valence-corrected chi connectivity index (χ3v) is 9.16. The Kier molecular flexibility index (Phi) is 16.4. The minimum atomic E-state index is -1.11. The van der Waals surface area contributed by atoms with Crippen LogP contribution in [0.4, 0.5) is 0 Å². The maximum Gasteiger partial charge on any atom is 0.347 e. The summed E-state index contributed by atoms with van der Waals surface area (Å²) in [4.78, 5) is 46.6. The lowest BCUT2D eigenvalue weighted by Gasteiger charge is -2.24. The van der Waals surface area contributed by atoms with Gasteiger partial charge in [0.15, 0.2) is 24.5 Å². The fourth-order valence-electron chi connectivity index (χ4n) is 5.98. The minimum absolute atomic E-state index is 0.125. The van der Waals surface area contributed by atoms with Crippen molar-refractivity contribution in [2.45, 2.75) is 103 Å². The Hall–Kier alpha value is -5.99. The highest BCUT2D eigenvalue weighted by Gasteiger charge is 2.28. The normalized spacial score (nSPS) is 15.2. The Labute approximate surface area is 332 Å². The molecule has 4 N–H and O–H groups in total. The smallest absolute Gasteiger partial charge is 0.347 e. The zero-order valence-electron chi connectivity index (χ0n) is 33.3. The van der Waals surface area contributed by atoms with Gasteiger partial charge >= 0.3 is 17.9 Å². The number of unbranched alkanes of at least 4 members (excludes halogenated alkanes) is 3. The van der Waals surface area contributed by atoms with Crippen molar-refractivity contribution in [2.24, 2.45) is 9.98 Å². The largest absolute Gasteiger partial charge is 0.507 e. The maximum atomic E-state index is 12.4. The Morgan fingerprint density at radius 3 is 1.25 bits per heavy atom. The van der Waals surface area contributed by atoms with E-state index in [1.165, 1.54) is 39.5 Å². The lowest BCUT2D eigenvalue weighted by atomic mass is 10.1. The van der Waals surface area contributed by atoms with Crippen molar-refractivity contribution >= 4 is 29.6 Å². The van der Waals surface area contributed by atoms with Crippen LogP contribution in [0.5, 0.6) is 34.5 Å². The molecule has 15 heteroatoms. The second-order valence-corrected chi connectivity index (χ2v) is 13.3. The van der Waals surface area contributed by atoms with Crippen LogP contribution in [0.1, 0.15) is 101 Å². The van der Waals surface area contributed by atoms with Gasteiger partial charge in [-0.15, -0.1) is 0 Å². The van der Waals surface area contributed by atoms with E-state index in [9.17, 15) is 29.7 Å². The zero-order valence-corrected chi connectivity index (χ0v) is 33.3. The molecule has 15 nitrogen and oxygen atoms in total. The summed E-state index contributed by atoms with van der Waals surface area (Å²) in [6.07, 6.45) is 2.24. The predicted octanol–water partition coefficient (Wildman–Crippen LogP) is 6.63. The molecule has 3 aromatic rings. The number of esters is 3. The van der Waals surface area contributed by atoms with E-state index in [1.807, 2.05) is 20.8 Å². The number of nitrogens with zero attached hydrogens (tertiary/aromatic N) is 2. The van der Waals surface area contributed by atoms with E-state index in [0.717, 1.165) is 38.5 Å². The summed E-state index contributed by atoms with van der Waals surface area (Å²) >= 11 is 0. The Morgan fingerprint density at radius 1 is 0.579 bits per heavy atom. The zero-order chi connectivity index (χ0) is 41.5. The highest BCUT2D eigenvalue weighted by molar-refractivity contribution is 6.17. The first-order valence-electron chi connectivity index (χ1n) is 19.1. The molecule has 0 fully saturated rings. The van der Waals surface area contributed by atoms with Crippen molar-refractivity contribution in [3.05, 3.63) is 71.3 Å². The minimum Gasteiger partial charge on any atom is -0.507 e. The van der Waals surface area contributed by atoms with Crippen molar-refractivity contribution < 1.29 is 58.1 Å². The lowest BCUT2D eigenvalue weighted by molar-refractivity contribution is -0.149. The molecule has 0 spiro atoms. The van der Waals surface area contributed by atoms with Crippen LogP contribution in [0.25, 0.3) is 0 Å². The molecule has 0 saturated carbocycles. The van der Waals surface area contributed by atoms with Crippen LogP contribution < -0.4 is 19.5 Å². The fourth-order valence-corrected chi connectivity index (χ4v) is 5.98. The molecule has 0 bridgehead atoms. The summed E-state index contributed by atoms with van der Waals surface area (Å²) in [5.74, 6) is -1.44. The highest BCUT2D eigenvalue weighted by Crippen LogP contribution is 2.36. The van der Waals surface area contributed by atoms with E-state index in [0.29, 0.717) is 19.3 Å². The second kappa shape index (κ2) is 21.3. The number of ether oxygens (including phenoxy) is 6. The average molecular weight is 792 g/mol. The molecule has 3 aromatic carbocycles. The van der Waals surface area contributed by atoms with Crippen LogP contribution in [0.15, 0.2) is 64.6 Å². The van der Waals surface area contributed by atoms with Crippen molar-refractivity contribution in [3.63, 3.8) is 0 Å². The van der Waals surface area contributed by atoms with Crippen LogP contribution in [0.2, 0.25) is 0 Å². The first-order valence-corrected chi connectivity index (χ1v) is 19.1. The summed E-state index contributed by atoms with van der Waals surface area (Å²) < 4.78 is 32.4. The number of benzene rings is 3. The van der Waals surface area contributed by atoms with Crippen molar-refractivity contribution in [1.29, 1.82) is 0 Å². The van der Waals surface area contributed by atoms with E-state index in [1.54, 1.807) is 36.4 Å². The lowest BCUT2D eigenvalue weighted by Crippen LogP contribution is -2.36. The average Bonchev–Trinajstić information content (AvgIpc) is 3.21. The quantitative estimate of drug-likeness (QED) is 0.0662. The molecule has 1 aliphatic heterocycles. The molecule has 1 heterocycles. The molecule has 0 aliphatic carbocycles. The number of methoxy groups -OCH3 is 3. The van der Waals surface area contributed by atoms with Gasteiger partial charge in [0.25, 0.3) is 0 Å². The number of amidine groups is 2. The predicted molar refractivity (Wildman–Crippen MR) is 211 cm³/mol. The molecule has 0 aromatic heterocycles. The van der Waals surface area contributed by atoms with E-state index in [4.69, 9.17) is 38.4 Å². The molecule has 308 valence electrons. The van der Waals surface area contributed by atoms with Gasteiger partial charge in [-0.05, 0) is 74.9 Å². The van der Waals surface area contributed by atoms with Crippen LogP contribution in [0, 0.1) is 0 Å². The summed E-state index contributed by atoms with van der Waals surface area (Å²) in [5.41, 5.74) is 0.681. The number of aliphatic imine (C=N–C) groups is 2. The van der Waals surface area contributed by atoms with Crippen molar-refractivity contribution in [1.82, 2.24) is 5.32 Å². The number of nitrogens with one attached hydrogen (secondary N) is 1. The van der Waals surface area contributed by atoms with Gasteiger partial charge in [-0.3, -0.25) is 0 Å². The number of hydrogen-bond acceptors (Lipinski definition) is 15. The first kappa shape index (κ1) is 43.7. The van der Waals surface area contributed by atoms with E-state index < -0.39 is 42.4 Å². The number of phenols is 3. The summed E-state index contributed by atoms with van der Waals surface area (Å²) in [7, 11) is 3.84. The van der Waals surface area contributed by atoms with Gasteiger partial charge in [0.1, 0.15) is 46.2 Å². The van der Waals surface area contributed by atoms with Gasteiger partial charge in [-0.1, -0.05) is 40.0 Å². The molecule has 3 atom stereocenters. The molecule has 0 amide bonds. The first-order chi connectivity index (χ1) is 27.5. The monoisotopic (exact) mass is 791 g/mol. The number of rotatable bonds is 21. The van der Waals surface area contributed by atoms with Crippen LogP contribution >= 0.6 is 0 Å². The molecule has 0 saturated heterocycles. The van der Waals surface area contributed by atoms with Crippen LogP contribution in [0.3, 0.4) is 0 Å². The number of aromatic hydroxyl groups is 3. The topological polar surface area (TPSA) is 204 Å². The second-order valence-electron chi connectivity index (χ2n) is 13.3. The maximum absolute atomic E-state index is 12.4. The number of carbonyl (C=O) groups excluding carboxylic acids is 3. The molecule has 0 radical (unpaired) electrons. The van der Waals surface area contributed by atoms with E-state index in [2.05, 4.69) is 5.32 Å². The Morgan fingerprint density at radius 2 is 0.930 bits per heavy atom.